The number of rotatable bonds is 6. The number of fused-ring (bicyclic) bond motifs is 1. The third kappa shape index (κ3) is 4.59. The van der Waals surface area contributed by atoms with Crippen LogP contribution in [-0.4, -0.2) is 21.6 Å². The zero-order valence-corrected chi connectivity index (χ0v) is 18.4. The van der Waals surface area contributed by atoms with Gasteiger partial charge in [0.25, 0.3) is 0 Å². The molecule has 2 N–H and O–H groups in total. The number of hydrogen-bond donors (Lipinski definition) is 2. The third-order valence-electron chi connectivity index (χ3n) is 5.90. The summed E-state index contributed by atoms with van der Waals surface area (Å²) in [6.07, 6.45) is 1.95. The van der Waals surface area contributed by atoms with E-state index in [9.17, 15) is 14.0 Å². The molecule has 2 amide bonds. The largest absolute Gasteiger partial charge is 0.351 e. The van der Waals surface area contributed by atoms with Gasteiger partial charge in [0, 0.05) is 36.0 Å². The average Bonchev–Trinajstić information content (AvgIpc) is 3.25. The van der Waals surface area contributed by atoms with Gasteiger partial charge in [0.05, 0.1) is 18.2 Å². The highest BCUT2D eigenvalue weighted by atomic mass is 19.1. The van der Waals surface area contributed by atoms with Gasteiger partial charge in [-0.2, -0.15) is 5.10 Å². The number of benzene rings is 3. The summed E-state index contributed by atoms with van der Waals surface area (Å²) < 4.78 is 15.5. The Bertz CT molecular complexity index is 1340. The van der Waals surface area contributed by atoms with E-state index in [-0.39, 0.29) is 24.8 Å². The van der Waals surface area contributed by atoms with Crippen LogP contribution in [0.3, 0.4) is 0 Å². The maximum atomic E-state index is 13.6. The summed E-state index contributed by atoms with van der Waals surface area (Å²) in [6.45, 7) is 0.864. The molecule has 1 aliphatic rings. The summed E-state index contributed by atoms with van der Waals surface area (Å²) in [4.78, 5) is 25.2. The minimum atomic E-state index is -0.677. The van der Waals surface area contributed by atoms with Crippen molar-refractivity contribution in [2.24, 2.45) is 0 Å². The van der Waals surface area contributed by atoms with Crippen LogP contribution in [0.5, 0.6) is 0 Å². The molecule has 3 aromatic carbocycles. The highest BCUT2D eigenvalue weighted by Crippen LogP contribution is 2.33. The van der Waals surface area contributed by atoms with E-state index in [0.717, 1.165) is 22.4 Å². The van der Waals surface area contributed by atoms with Crippen LogP contribution in [0.1, 0.15) is 29.0 Å². The van der Waals surface area contributed by atoms with E-state index in [1.165, 1.54) is 12.1 Å². The predicted molar refractivity (Wildman–Crippen MR) is 127 cm³/mol. The van der Waals surface area contributed by atoms with E-state index in [0.29, 0.717) is 17.8 Å². The molecule has 0 bridgehead atoms. The van der Waals surface area contributed by atoms with Gasteiger partial charge >= 0.3 is 0 Å². The second-order valence-electron chi connectivity index (χ2n) is 8.31. The minimum absolute atomic E-state index is 0.0171. The van der Waals surface area contributed by atoms with Crippen molar-refractivity contribution >= 4 is 17.5 Å². The predicted octanol–water partition coefficient (Wildman–Crippen LogP) is 4.48. The molecule has 170 valence electrons. The second kappa shape index (κ2) is 9.31. The summed E-state index contributed by atoms with van der Waals surface area (Å²) in [5.41, 5.74) is 4.70. The van der Waals surface area contributed by atoms with Crippen LogP contribution in [0.15, 0.2) is 85.1 Å². The molecule has 0 spiro atoms. The normalized spacial score (nSPS) is 14.9. The fourth-order valence-electron chi connectivity index (χ4n) is 4.26. The first-order chi connectivity index (χ1) is 16.6. The zero-order valence-electron chi connectivity index (χ0n) is 18.4. The molecule has 1 atom stereocenters. The topological polar surface area (TPSA) is 76.0 Å². The molecule has 0 fully saturated rings. The van der Waals surface area contributed by atoms with Gasteiger partial charge in [-0.3, -0.25) is 14.3 Å². The van der Waals surface area contributed by atoms with Crippen LogP contribution in [0, 0.1) is 5.82 Å². The van der Waals surface area contributed by atoms with Crippen molar-refractivity contribution in [3.8, 4) is 11.3 Å². The molecule has 7 heteroatoms. The number of nitrogens with one attached hydrogen (secondary N) is 2. The van der Waals surface area contributed by atoms with Crippen molar-refractivity contribution in [1.29, 1.82) is 0 Å². The first kappa shape index (κ1) is 21.6. The molecule has 1 unspecified atom stereocenters. The highest BCUT2D eigenvalue weighted by molar-refractivity contribution is 6.01. The average molecular weight is 455 g/mol. The Morgan fingerprint density at radius 3 is 2.56 bits per heavy atom. The molecule has 5 rings (SSSR count). The Morgan fingerprint density at radius 2 is 1.79 bits per heavy atom. The number of aromatic nitrogens is 2. The van der Waals surface area contributed by atoms with E-state index >= 15 is 0 Å². The van der Waals surface area contributed by atoms with Crippen molar-refractivity contribution in [2.45, 2.75) is 25.4 Å². The lowest BCUT2D eigenvalue weighted by Gasteiger charge is -2.24. The summed E-state index contributed by atoms with van der Waals surface area (Å²) in [5, 5.41) is 10.4. The molecular weight excluding hydrogens is 431 g/mol. The van der Waals surface area contributed by atoms with Crippen LogP contribution < -0.4 is 10.6 Å². The number of carbonyl (C=O) groups is 2. The lowest BCUT2D eigenvalue weighted by molar-refractivity contribution is -0.126. The number of nitrogens with zero attached hydrogens (tertiary/aromatic N) is 2. The summed E-state index contributed by atoms with van der Waals surface area (Å²) >= 11 is 0. The maximum Gasteiger partial charge on any atom is 0.228 e. The van der Waals surface area contributed by atoms with Gasteiger partial charge in [0.15, 0.2) is 0 Å². The van der Waals surface area contributed by atoms with Gasteiger partial charge in [0.2, 0.25) is 11.8 Å². The summed E-state index contributed by atoms with van der Waals surface area (Å²) in [6, 6.07) is 23.9. The molecule has 2 heterocycles. The van der Waals surface area contributed by atoms with Crippen molar-refractivity contribution in [3.63, 3.8) is 0 Å². The first-order valence-electron chi connectivity index (χ1n) is 11.1. The molecule has 1 aromatic heterocycles. The first-order valence-corrected chi connectivity index (χ1v) is 11.1. The molecular formula is C27H23FN4O2. The summed E-state index contributed by atoms with van der Waals surface area (Å²) in [5.74, 6) is -1.72. The lowest BCUT2D eigenvalue weighted by Crippen LogP contribution is -2.34. The minimum Gasteiger partial charge on any atom is -0.351 e. The standard InChI is InChI=1S/C27H23FN4O2/c28-21-11-12-22-23(14-25(33)30-24(22)13-21)27(34)29-15-20-17-32(16-18-7-3-1-4-8-18)31-26(20)19-9-5-2-6-10-19/h1-13,17,23H,14-16H2,(H,29,34)(H,30,33). The molecule has 0 saturated carbocycles. The number of carbonyl (C=O) groups excluding carboxylic acids is 2. The van der Waals surface area contributed by atoms with Crippen LogP contribution in [-0.2, 0) is 22.7 Å². The van der Waals surface area contributed by atoms with Crippen LogP contribution in [0.4, 0.5) is 10.1 Å². The maximum absolute atomic E-state index is 13.6. The Kier molecular flexibility index (Phi) is 5.91. The van der Waals surface area contributed by atoms with Gasteiger partial charge in [0.1, 0.15) is 5.82 Å². The van der Waals surface area contributed by atoms with Crippen molar-refractivity contribution in [1.82, 2.24) is 15.1 Å². The Balaban J connectivity index is 1.39. The fraction of sp³-hybridized carbons (Fsp3) is 0.148. The van der Waals surface area contributed by atoms with Crippen molar-refractivity contribution in [3.05, 3.63) is 108 Å². The Hall–Kier alpha value is -4.26. The van der Waals surface area contributed by atoms with Crippen LogP contribution in [0.2, 0.25) is 0 Å². The van der Waals surface area contributed by atoms with Gasteiger partial charge in [-0.05, 0) is 23.3 Å². The van der Waals surface area contributed by atoms with Gasteiger partial charge in [-0.15, -0.1) is 0 Å². The Morgan fingerprint density at radius 1 is 1.06 bits per heavy atom. The molecule has 34 heavy (non-hydrogen) atoms. The number of anilines is 1. The molecule has 6 nitrogen and oxygen atoms in total. The van der Waals surface area contributed by atoms with E-state index in [1.807, 2.05) is 71.5 Å². The molecule has 4 aromatic rings. The van der Waals surface area contributed by atoms with Crippen LogP contribution >= 0.6 is 0 Å². The number of hydrogen-bond acceptors (Lipinski definition) is 3. The molecule has 0 aliphatic carbocycles. The quantitative estimate of drug-likeness (QED) is 0.451. The second-order valence-corrected chi connectivity index (χ2v) is 8.31. The molecule has 1 aliphatic heterocycles. The van der Waals surface area contributed by atoms with Crippen molar-refractivity contribution in [2.75, 3.05) is 5.32 Å². The van der Waals surface area contributed by atoms with E-state index < -0.39 is 11.7 Å². The number of halogens is 1. The zero-order chi connectivity index (χ0) is 23.5. The fourth-order valence-corrected chi connectivity index (χ4v) is 4.26. The van der Waals surface area contributed by atoms with E-state index in [4.69, 9.17) is 5.10 Å². The molecule has 0 saturated heterocycles. The third-order valence-corrected chi connectivity index (χ3v) is 5.90. The smallest absolute Gasteiger partial charge is 0.228 e. The van der Waals surface area contributed by atoms with Crippen molar-refractivity contribution < 1.29 is 14.0 Å². The lowest BCUT2D eigenvalue weighted by atomic mass is 9.89. The Labute approximate surface area is 196 Å². The number of amides is 2. The van der Waals surface area contributed by atoms with E-state index in [1.54, 1.807) is 6.07 Å². The monoisotopic (exact) mass is 454 g/mol. The summed E-state index contributed by atoms with van der Waals surface area (Å²) in [7, 11) is 0. The molecule has 0 radical (unpaired) electrons. The van der Waals surface area contributed by atoms with Crippen LogP contribution in [0.25, 0.3) is 11.3 Å². The SMILES string of the molecule is O=C1CC(C(=O)NCc2cn(Cc3ccccc3)nc2-c2ccccc2)c2ccc(F)cc2N1. The van der Waals surface area contributed by atoms with Gasteiger partial charge in [-0.1, -0.05) is 66.7 Å². The van der Waals surface area contributed by atoms with Gasteiger partial charge in [-0.25, -0.2) is 4.39 Å². The van der Waals surface area contributed by atoms with E-state index in [2.05, 4.69) is 10.6 Å². The highest BCUT2D eigenvalue weighted by Gasteiger charge is 2.31. The van der Waals surface area contributed by atoms with Gasteiger partial charge < -0.3 is 10.6 Å².